The molecule has 5 nitrogen and oxygen atoms in total. The van der Waals surface area contributed by atoms with Gasteiger partial charge in [0.1, 0.15) is 5.82 Å². The predicted octanol–water partition coefficient (Wildman–Crippen LogP) is 1.67. The van der Waals surface area contributed by atoms with E-state index in [4.69, 9.17) is 5.11 Å². The first-order chi connectivity index (χ1) is 9.16. The monoisotopic (exact) mass is 265 g/mol. The van der Waals surface area contributed by atoms with E-state index < -0.39 is 5.97 Å². The van der Waals surface area contributed by atoms with E-state index in [1.807, 2.05) is 19.3 Å². The van der Waals surface area contributed by atoms with Crippen LogP contribution in [0.1, 0.15) is 31.5 Å². The van der Waals surface area contributed by atoms with Gasteiger partial charge in [-0.05, 0) is 45.1 Å². The molecule has 2 rings (SSSR count). The maximum Gasteiger partial charge on any atom is 0.306 e. The molecule has 1 aromatic heterocycles. The summed E-state index contributed by atoms with van der Waals surface area (Å²) in [5.74, 6) is 0.954. The highest BCUT2D eigenvalue weighted by Gasteiger charge is 2.25. The molecule has 0 amide bonds. The quantitative estimate of drug-likeness (QED) is 0.768. The number of rotatable bonds is 6. The SMILES string of the molecule is Cc1nccn1CCNCC1CCC(C(=O)O)CC1. The Balaban J connectivity index is 1.60. The Kier molecular flexibility index (Phi) is 4.96. The second-order valence-electron chi connectivity index (χ2n) is 5.43. The average Bonchev–Trinajstić information content (AvgIpc) is 2.81. The fourth-order valence-electron chi connectivity index (χ4n) is 2.76. The van der Waals surface area contributed by atoms with Crippen LogP contribution in [0.3, 0.4) is 0 Å². The third-order valence-electron chi connectivity index (χ3n) is 4.08. The zero-order valence-corrected chi connectivity index (χ0v) is 11.5. The lowest BCUT2D eigenvalue weighted by Crippen LogP contribution is -2.30. The van der Waals surface area contributed by atoms with Crippen LogP contribution in [0.2, 0.25) is 0 Å². The van der Waals surface area contributed by atoms with Crippen LogP contribution in [-0.4, -0.2) is 33.7 Å². The van der Waals surface area contributed by atoms with Crippen LogP contribution in [0.15, 0.2) is 12.4 Å². The highest BCUT2D eigenvalue weighted by molar-refractivity contribution is 5.69. The number of aromatic nitrogens is 2. The van der Waals surface area contributed by atoms with Crippen LogP contribution in [-0.2, 0) is 11.3 Å². The van der Waals surface area contributed by atoms with E-state index in [1.54, 1.807) is 0 Å². The minimum absolute atomic E-state index is 0.107. The topological polar surface area (TPSA) is 67.2 Å². The highest BCUT2D eigenvalue weighted by atomic mass is 16.4. The van der Waals surface area contributed by atoms with E-state index in [0.717, 1.165) is 51.1 Å². The van der Waals surface area contributed by atoms with Gasteiger partial charge in [0, 0.05) is 25.5 Å². The van der Waals surface area contributed by atoms with E-state index in [1.165, 1.54) is 0 Å². The third-order valence-corrected chi connectivity index (χ3v) is 4.08. The Bertz CT molecular complexity index is 409. The number of aryl methyl sites for hydroxylation is 1. The molecule has 0 aliphatic heterocycles. The Labute approximate surface area is 114 Å². The molecule has 0 saturated heterocycles. The fraction of sp³-hybridized carbons (Fsp3) is 0.714. The maximum atomic E-state index is 10.9. The van der Waals surface area contributed by atoms with E-state index in [2.05, 4.69) is 14.9 Å². The normalized spacial score (nSPS) is 23.4. The molecule has 2 N–H and O–H groups in total. The molecular formula is C14H23N3O2. The van der Waals surface area contributed by atoms with Crippen LogP contribution in [0.5, 0.6) is 0 Å². The van der Waals surface area contributed by atoms with Gasteiger partial charge in [-0.1, -0.05) is 0 Å². The number of nitrogens with one attached hydrogen (secondary N) is 1. The van der Waals surface area contributed by atoms with Gasteiger partial charge in [-0.15, -0.1) is 0 Å². The molecule has 0 atom stereocenters. The molecule has 1 aromatic rings. The third kappa shape index (κ3) is 4.06. The van der Waals surface area contributed by atoms with Crippen molar-refractivity contribution < 1.29 is 9.90 Å². The Morgan fingerprint density at radius 1 is 1.47 bits per heavy atom. The van der Waals surface area contributed by atoms with Crippen molar-refractivity contribution in [2.45, 2.75) is 39.2 Å². The first-order valence-electron chi connectivity index (χ1n) is 7.08. The Morgan fingerprint density at radius 3 is 2.79 bits per heavy atom. The molecule has 5 heteroatoms. The summed E-state index contributed by atoms with van der Waals surface area (Å²) in [6.45, 7) is 4.89. The van der Waals surface area contributed by atoms with Crippen LogP contribution >= 0.6 is 0 Å². The van der Waals surface area contributed by atoms with Crippen molar-refractivity contribution in [2.24, 2.45) is 11.8 Å². The summed E-state index contributed by atoms with van der Waals surface area (Å²) in [5, 5.41) is 12.4. The van der Waals surface area contributed by atoms with Gasteiger partial charge in [-0.2, -0.15) is 0 Å². The number of carbonyl (C=O) groups is 1. The van der Waals surface area contributed by atoms with E-state index in [-0.39, 0.29) is 5.92 Å². The lowest BCUT2D eigenvalue weighted by Gasteiger charge is -2.26. The van der Waals surface area contributed by atoms with Gasteiger partial charge in [0.05, 0.1) is 5.92 Å². The van der Waals surface area contributed by atoms with Gasteiger partial charge in [0.15, 0.2) is 0 Å². The van der Waals surface area contributed by atoms with Crippen molar-refractivity contribution >= 4 is 5.97 Å². The van der Waals surface area contributed by atoms with Crippen molar-refractivity contribution in [1.29, 1.82) is 0 Å². The Morgan fingerprint density at radius 2 is 2.21 bits per heavy atom. The molecule has 0 unspecified atom stereocenters. The smallest absolute Gasteiger partial charge is 0.306 e. The zero-order valence-electron chi connectivity index (χ0n) is 11.5. The molecule has 0 radical (unpaired) electrons. The molecule has 0 aromatic carbocycles. The molecule has 1 aliphatic rings. The summed E-state index contributed by atoms with van der Waals surface area (Å²) in [6.07, 6.45) is 7.56. The van der Waals surface area contributed by atoms with Crippen LogP contribution in [0, 0.1) is 18.8 Å². The van der Waals surface area contributed by atoms with Gasteiger partial charge in [-0.3, -0.25) is 4.79 Å². The number of nitrogens with zero attached hydrogens (tertiary/aromatic N) is 2. The first kappa shape index (κ1) is 14.1. The average molecular weight is 265 g/mol. The zero-order chi connectivity index (χ0) is 13.7. The summed E-state index contributed by atoms with van der Waals surface area (Å²) in [4.78, 5) is 15.0. The second-order valence-corrected chi connectivity index (χ2v) is 5.43. The van der Waals surface area contributed by atoms with Crippen LogP contribution in [0.25, 0.3) is 0 Å². The first-order valence-corrected chi connectivity index (χ1v) is 7.08. The molecular weight excluding hydrogens is 242 g/mol. The second kappa shape index (κ2) is 6.70. The number of imidazole rings is 1. The largest absolute Gasteiger partial charge is 0.481 e. The summed E-state index contributed by atoms with van der Waals surface area (Å²) in [6, 6.07) is 0. The van der Waals surface area contributed by atoms with Crippen molar-refractivity contribution in [2.75, 3.05) is 13.1 Å². The van der Waals surface area contributed by atoms with Gasteiger partial charge >= 0.3 is 5.97 Å². The lowest BCUT2D eigenvalue weighted by atomic mass is 9.82. The van der Waals surface area contributed by atoms with Crippen molar-refractivity contribution in [1.82, 2.24) is 14.9 Å². The van der Waals surface area contributed by atoms with E-state index >= 15 is 0 Å². The van der Waals surface area contributed by atoms with Gasteiger partial charge in [0.2, 0.25) is 0 Å². The molecule has 0 bridgehead atoms. The number of hydrogen-bond acceptors (Lipinski definition) is 3. The van der Waals surface area contributed by atoms with Crippen molar-refractivity contribution in [3.8, 4) is 0 Å². The number of aliphatic carboxylic acids is 1. The standard InChI is InChI=1S/C14H23N3O2/c1-11-16-7-9-17(11)8-6-15-10-12-2-4-13(5-3-12)14(18)19/h7,9,12-13,15H,2-6,8,10H2,1H3,(H,18,19). The minimum Gasteiger partial charge on any atom is -0.481 e. The summed E-state index contributed by atoms with van der Waals surface area (Å²) < 4.78 is 2.13. The molecule has 1 fully saturated rings. The molecule has 0 spiro atoms. The molecule has 1 heterocycles. The predicted molar refractivity (Wildman–Crippen MR) is 72.9 cm³/mol. The van der Waals surface area contributed by atoms with E-state index in [0.29, 0.717) is 5.92 Å². The summed E-state index contributed by atoms with van der Waals surface area (Å²) in [5.41, 5.74) is 0. The highest BCUT2D eigenvalue weighted by Crippen LogP contribution is 2.28. The van der Waals surface area contributed by atoms with E-state index in [9.17, 15) is 4.79 Å². The fourth-order valence-corrected chi connectivity index (χ4v) is 2.76. The van der Waals surface area contributed by atoms with Gasteiger partial charge in [-0.25, -0.2) is 4.98 Å². The maximum absolute atomic E-state index is 10.9. The van der Waals surface area contributed by atoms with Crippen LogP contribution in [0.4, 0.5) is 0 Å². The van der Waals surface area contributed by atoms with Crippen molar-refractivity contribution in [3.63, 3.8) is 0 Å². The van der Waals surface area contributed by atoms with Crippen LogP contribution < -0.4 is 5.32 Å². The minimum atomic E-state index is -0.623. The van der Waals surface area contributed by atoms with Crippen molar-refractivity contribution in [3.05, 3.63) is 18.2 Å². The number of carboxylic acid groups (broad SMARTS) is 1. The van der Waals surface area contributed by atoms with Gasteiger partial charge < -0.3 is 15.0 Å². The number of carboxylic acids is 1. The summed E-state index contributed by atoms with van der Waals surface area (Å²) in [7, 11) is 0. The summed E-state index contributed by atoms with van der Waals surface area (Å²) >= 11 is 0. The molecule has 106 valence electrons. The molecule has 1 saturated carbocycles. The lowest BCUT2D eigenvalue weighted by molar-refractivity contribution is -0.143. The molecule has 19 heavy (non-hydrogen) atoms. The number of hydrogen-bond donors (Lipinski definition) is 2. The molecule has 1 aliphatic carbocycles. The van der Waals surface area contributed by atoms with Gasteiger partial charge in [0.25, 0.3) is 0 Å². The Hall–Kier alpha value is -1.36.